The van der Waals surface area contributed by atoms with Crippen LogP contribution >= 0.6 is 0 Å². The fraction of sp³-hybridized carbons (Fsp3) is 0.120. The molecule has 0 spiro atoms. The number of carbonyl (C=O) groups excluding carboxylic acids is 1. The number of aryl methyl sites for hydroxylation is 1. The van der Waals surface area contributed by atoms with E-state index in [0.29, 0.717) is 29.2 Å². The van der Waals surface area contributed by atoms with Crippen molar-refractivity contribution in [1.29, 1.82) is 0 Å². The molecule has 4 rings (SSSR count). The molecule has 4 aromatic rings. The molecule has 0 aliphatic rings. The van der Waals surface area contributed by atoms with Gasteiger partial charge in [0, 0.05) is 30.4 Å². The third-order valence-electron chi connectivity index (χ3n) is 5.31. The third kappa shape index (κ3) is 4.64. The average Bonchev–Trinajstić information content (AvgIpc) is 3.31. The first kappa shape index (κ1) is 21.9. The summed E-state index contributed by atoms with van der Waals surface area (Å²) in [5.41, 5.74) is 9.75. The van der Waals surface area contributed by atoms with E-state index in [9.17, 15) is 14.3 Å². The largest absolute Gasteiger partial charge is 0.507 e. The second-order valence-electron chi connectivity index (χ2n) is 7.66. The number of aromatic hydroxyl groups is 1. The third-order valence-corrected chi connectivity index (χ3v) is 5.31. The first-order valence-electron chi connectivity index (χ1n) is 10.2. The number of benzene rings is 2. The Kier molecular flexibility index (Phi) is 5.99. The van der Waals surface area contributed by atoms with Crippen LogP contribution in [0.25, 0.3) is 11.3 Å². The number of aromatic nitrogens is 1. The van der Waals surface area contributed by atoms with Gasteiger partial charge in [0.15, 0.2) is 0 Å². The smallest absolute Gasteiger partial charge is 0.255 e. The van der Waals surface area contributed by atoms with Crippen molar-refractivity contribution in [2.24, 2.45) is 0 Å². The molecule has 7 nitrogen and oxygen atoms in total. The van der Waals surface area contributed by atoms with E-state index < -0.39 is 0 Å². The van der Waals surface area contributed by atoms with Gasteiger partial charge in [-0.1, -0.05) is 6.07 Å². The Labute approximate surface area is 190 Å². The van der Waals surface area contributed by atoms with Gasteiger partial charge < -0.3 is 25.5 Å². The maximum absolute atomic E-state index is 14.5. The van der Waals surface area contributed by atoms with Gasteiger partial charge >= 0.3 is 0 Å². The second-order valence-corrected chi connectivity index (χ2v) is 7.66. The Bertz CT molecular complexity index is 1310. The Balaban J connectivity index is 1.59. The molecule has 168 valence electrons. The van der Waals surface area contributed by atoms with Crippen LogP contribution in [0.3, 0.4) is 0 Å². The SMILES string of the molecule is Cc1ccc(N(C)c2ccc(O)c(-c3ccc(C(=O)NCc4ccoc4)c(N)n3)c2)c(F)c1. The number of furan rings is 1. The molecule has 0 unspecified atom stereocenters. The molecule has 0 aliphatic heterocycles. The summed E-state index contributed by atoms with van der Waals surface area (Å²) in [4.78, 5) is 18.5. The molecule has 0 aliphatic carbocycles. The summed E-state index contributed by atoms with van der Waals surface area (Å²) < 4.78 is 19.4. The van der Waals surface area contributed by atoms with E-state index in [1.54, 1.807) is 54.6 Å². The number of phenolic OH excluding ortho intramolecular Hbond substituents is 1. The monoisotopic (exact) mass is 446 g/mol. The highest BCUT2D eigenvalue weighted by Gasteiger charge is 2.16. The number of nitrogens with one attached hydrogen (secondary N) is 1. The van der Waals surface area contributed by atoms with Gasteiger partial charge in [-0.15, -0.1) is 0 Å². The highest BCUT2D eigenvalue weighted by Crippen LogP contribution is 2.35. The Morgan fingerprint density at radius 3 is 2.70 bits per heavy atom. The highest BCUT2D eigenvalue weighted by atomic mass is 19.1. The quantitative estimate of drug-likeness (QED) is 0.394. The molecular weight excluding hydrogens is 423 g/mol. The number of hydrogen-bond donors (Lipinski definition) is 3. The molecule has 8 heteroatoms. The molecule has 33 heavy (non-hydrogen) atoms. The minimum Gasteiger partial charge on any atom is -0.507 e. The van der Waals surface area contributed by atoms with Crippen molar-refractivity contribution in [2.45, 2.75) is 13.5 Å². The van der Waals surface area contributed by atoms with Crippen LogP contribution in [-0.4, -0.2) is 23.0 Å². The van der Waals surface area contributed by atoms with Crippen molar-refractivity contribution in [1.82, 2.24) is 10.3 Å². The summed E-state index contributed by atoms with van der Waals surface area (Å²) in [7, 11) is 1.74. The van der Waals surface area contributed by atoms with Gasteiger partial charge in [-0.05, 0) is 61.0 Å². The zero-order valence-corrected chi connectivity index (χ0v) is 18.2. The van der Waals surface area contributed by atoms with Gasteiger partial charge in [-0.25, -0.2) is 9.37 Å². The molecule has 0 radical (unpaired) electrons. The number of amides is 1. The number of nitrogens with zero attached hydrogens (tertiary/aromatic N) is 2. The van der Waals surface area contributed by atoms with Gasteiger partial charge in [-0.3, -0.25) is 4.79 Å². The first-order valence-corrected chi connectivity index (χ1v) is 10.2. The van der Waals surface area contributed by atoms with Crippen molar-refractivity contribution >= 4 is 23.1 Å². The van der Waals surface area contributed by atoms with E-state index >= 15 is 0 Å². The van der Waals surface area contributed by atoms with Crippen LogP contribution in [0, 0.1) is 12.7 Å². The molecule has 0 saturated carbocycles. The predicted octanol–water partition coefficient (Wildman–Crippen LogP) is 4.77. The first-order chi connectivity index (χ1) is 15.8. The van der Waals surface area contributed by atoms with Crippen LogP contribution in [0.15, 0.2) is 71.5 Å². The second kappa shape index (κ2) is 9.04. The number of carbonyl (C=O) groups is 1. The van der Waals surface area contributed by atoms with Crippen molar-refractivity contribution < 1.29 is 18.7 Å². The van der Waals surface area contributed by atoms with Gasteiger partial charge in [0.25, 0.3) is 5.91 Å². The predicted molar refractivity (Wildman–Crippen MR) is 125 cm³/mol. The van der Waals surface area contributed by atoms with Crippen LogP contribution in [0.2, 0.25) is 0 Å². The fourth-order valence-electron chi connectivity index (χ4n) is 3.45. The molecule has 4 N–H and O–H groups in total. The van der Waals surface area contributed by atoms with Crippen LogP contribution in [0.1, 0.15) is 21.5 Å². The maximum atomic E-state index is 14.5. The molecule has 0 atom stereocenters. The Morgan fingerprint density at radius 1 is 1.18 bits per heavy atom. The van der Waals surface area contributed by atoms with Crippen LogP contribution in [0.5, 0.6) is 5.75 Å². The summed E-state index contributed by atoms with van der Waals surface area (Å²) >= 11 is 0. The summed E-state index contributed by atoms with van der Waals surface area (Å²) in [6, 6.07) is 14.8. The van der Waals surface area contributed by atoms with E-state index in [1.807, 2.05) is 13.0 Å². The van der Waals surface area contributed by atoms with Gasteiger partial charge in [-0.2, -0.15) is 0 Å². The zero-order valence-electron chi connectivity index (χ0n) is 18.2. The van der Waals surface area contributed by atoms with Crippen molar-refractivity contribution in [3.05, 3.63) is 89.6 Å². The van der Waals surface area contributed by atoms with E-state index in [2.05, 4.69) is 10.3 Å². The van der Waals surface area contributed by atoms with Crippen LogP contribution in [0.4, 0.5) is 21.6 Å². The number of hydrogen-bond acceptors (Lipinski definition) is 6. The molecule has 2 aromatic carbocycles. The van der Waals surface area contributed by atoms with Gasteiger partial charge in [0.2, 0.25) is 0 Å². The standard InChI is InChI=1S/C25H23FN4O3/c1-15-3-7-22(20(26)11-15)30(2)17-4-8-23(31)19(12-17)21-6-5-18(24(27)29-21)25(32)28-13-16-9-10-33-14-16/h3-12,14,31H,13H2,1-2H3,(H2,27,29)(H,28,32). The van der Waals surface area contributed by atoms with Crippen molar-refractivity contribution in [3.63, 3.8) is 0 Å². The number of nitrogens with two attached hydrogens (primary N) is 1. The highest BCUT2D eigenvalue weighted by molar-refractivity contribution is 5.98. The van der Waals surface area contributed by atoms with Gasteiger partial charge in [0.1, 0.15) is 17.4 Å². The lowest BCUT2D eigenvalue weighted by atomic mass is 10.1. The maximum Gasteiger partial charge on any atom is 0.255 e. The number of phenols is 1. The van der Waals surface area contributed by atoms with E-state index in [4.69, 9.17) is 10.2 Å². The number of pyridine rings is 1. The van der Waals surface area contributed by atoms with E-state index in [0.717, 1.165) is 11.1 Å². The zero-order chi connectivity index (χ0) is 23.5. The summed E-state index contributed by atoms with van der Waals surface area (Å²) in [6.45, 7) is 2.12. The van der Waals surface area contributed by atoms with Crippen LogP contribution < -0.4 is 16.0 Å². The normalized spacial score (nSPS) is 10.8. The molecule has 2 heterocycles. The lowest BCUT2D eigenvalue weighted by Crippen LogP contribution is -2.24. The minimum atomic E-state index is -0.375. The van der Waals surface area contributed by atoms with E-state index in [-0.39, 0.29) is 28.9 Å². The Hall–Kier alpha value is -4.33. The molecule has 2 aromatic heterocycles. The van der Waals surface area contributed by atoms with E-state index in [1.165, 1.54) is 18.4 Å². The van der Waals surface area contributed by atoms with Crippen molar-refractivity contribution in [3.8, 4) is 17.0 Å². The summed E-state index contributed by atoms with van der Waals surface area (Å²) in [6.07, 6.45) is 3.07. The van der Waals surface area contributed by atoms with Gasteiger partial charge in [0.05, 0.1) is 29.5 Å². The Morgan fingerprint density at radius 2 is 2.00 bits per heavy atom. The minimum absolute atomic E-state index is 0.0133. The molecule has 0 bridgehead atoms. The summed E-state index contributed by atoms with van der Waals surface area (Å²) in [5.74, 6) is -0.707. The lowest BCUT2D eigenvalue weighted by Gasteiger charge is -2.21. The lowest BCUT2D eigenvalue weighted by molar-refractivity contribution is 0.0951. The molecular formula is C25H23FN4O3. The molecule has 0 fully saturated rings. The number of halogens is 1. The molecule has 0 saturated heterocycles. The summed E-state index contributed by atoms with van der Waals surface area (Å²) in [5, 5.41) is 13.2. The van der Waals surface area contributed by atoms with Crippen LogP contribution in [-0.2, 0) is 6.54 Å². The fourth-order valence-corrected chi connectivity index (χ4v) is 3.45. The average molecular weight is 446 g/mol. The number of nitrogen functional groups attached to an aromatic ring is 1. The number of rotatable bonds is 6. The molecule has 1 amide bonds. The number of anilines is 3. The van der Waals surface area contributed by atoms with Crippen molar-refractivity contribution in [2.75, 3.05) is 17.7 Å². The topological polar surface area (TPSA) is 105 Å².